The second kappa shape index (κ2) is 7.46. The standard InChI is InChI=1S/C12H21NO2/c1-2-6-12(14)13-9-10-15-11-7-4-3-5-8-11/h2,6,11H,3-5,7-10H2,1H3,(H,13,14)/b6-2+. The third-order valence-corrected chi connectivity index (χ3v) is 2.63. The van der Waals surface area contributed by atoms with E-state index in [0.29, 0.717) is 19.3 Å². The molecular weight excluding hydrogens is 190 g/mol. The molecule has 1 aliphatic rings. The molecule has 3 nitrogen and oxygen atoms in total. The summed E-state index contributed by atoms with van der Waals surface area (Å²) in [7, 11) is 0. The second-order valence-corrected chi connectivity index (χ2v) is 3.92. The van der Waals surface area contributed by atoms with Gasteiger partial charge in [0, 0.05) is 6.54 Å². The molecule has 0 aromatic rings. The van der Waals surface area contributed by atoms with Gasteiger partial charge in [-0.05, 0) is 25.8 Å². The summed E-state index contributed by atoms with van der Waals surface area (Å²) in [6.45, 7) is 3.08. The van der Waals surface area contributed by atoms with Crippen LogP contribution in [-0.2, 0) is 9.53 Å². The van der Waals surface area contributed by atoms with Crippen LogP contribution in [0.3, 0.4) is 0 Å². The first-order chi connectivity index (χ1) is 7.33. The summed E-state index contributed by atoms with van der Waals surface area (Å²) in [6, 6.07) is 0. The number of carbonyl (C=O) groups is 1. The Balaban J connectivity index is 1.98. The van der Waals surface area contributed by atoms with Crippen molar-refractivity contribution in [2.45, 2.75) is 45.1 Å². The molecule has 15 heavy (non-hydrogen) atoms. The zero-order chi connectivity index (χ0) is 10.9. The molecule has 1 fully saturated rings. The van der Waals surface area contributed by atoms with Crippen LogP contribution in [0.5, 0.6) is 0 Å². The molecule has 0 heterocycles. The van der Waals surface area contributed by atoms with E-state index in [2.05, 4.69) is 5.32 Å². The van der Waals surface area contributed by atoms with E-state index < -0.39 is 0 Å². The Morgan fingerprint density at radius 1 is 1.40 bits per heavy atom. The van der Waals surface area contributed by atoms with Crippen molar-refractivity contribution in [1.29, 1.82) is 0 Å². The number of allylic oxidation sites excluding steroid dienone is 1. The van der Waals surface area contributed by atoms with Crippen molar-refractivity contribution < 1.29 is 9.53 Å². The lowest BCUT2D eigenvalue weighted by Gasteiger charge is -2.21. The van der Waals surface area contributed by atoms with Crippen LogP contribution in [0.25, 0.3) is 0 Å². The van der Waals surface area contributed by atoms with E-state index in [4.69, 9.17) is 4.74 Å². The molecule has 0 saturated heterocycles. The quantitative estimate of drug-likeness (QED) is 0.558. The van der Waals surface area contributed by atoms with E-state index in [-0.39, 0.29) is 5.91 Å². The van der Waals surface area contributed by atoms with Gasteiger partial charge >= 0.3 is 0 Å². The number of amides is 1. The van der Waals surface area contributed by atoms with E-state index in [1.807, 2.05) is 6.92 Å². The molecule has 1 N–H and O–H groups in total. The number of nitrogens with one attached hydrogen (secondary N) is 1. The summed E-state index contributed by atoms with van der Waals surface area (Å²) in [4.78, 5) is 11.0. The van der Waals surface area contributed by atoms with Crippen LogP contribution in [0.15, 0.2) is 12.2 Å². The van der Waals surface area contributed by atoms with E-state index in [1.165, 1.54) is 38.2 Å². The lowest BCUT2D eigenvalue weighted by Crippen LogP contribution is -2.28. The van der Waals surface area contributed by atoms with Gasteiger partial charge in [0.15, 0.2) is 0 Å². The summed E-state index contributed by atoms with van der Waals surface area (Å²) in [5.74, 6) is -0.0373. The van der Waals surface area contributed by atoms with Gasteiger partial charge in [0.2, 0.25) is 5.91 Å². The third kappa shape index (κ3) is 5.57. The van der Waals surface area contributed by atoms with Crippen LogP contribution < -0.4 is 5.32 Å². The summed E-state index contributed by atoms with van der Waals surface area (Å²) >= 11 is 0. The van der Waals surface area contributed by atoms with Crippen LogP contribution in [0.1, 0.15) is 39.0 Å². The smallest absolute Gasteiger partial charge is 0.243 e. The maximum Gasteiger partial charge on any atom is 0.243 e. The monoisotopic (exact) mass is 211 g/mol. The first kappa shape index (κ1) is 12.2. The highest BCUT2D eigenvalue weighted by Crippen LogP contribution is 2.19. The Kier molecular flexibility index (Phi) is 6.09. The number of rotatable bonds is 5. The van der Waals surface area contributed by atoms with Crippen LogP contribution in [0.2, 0.25) is 0 Å². The summed E-state index contributed by atoms with van der Waals surface area (Å²) in [5.41, 5.74) is 0. The zero-order valence-corrected chi connectivity index (χ0v) is 9.50. The van der Waals surface area contributed by atoms with E-state index in [1.54, 1.807) is 6.08 Å². The van der Waals surface area contributed by atoms with Crippen molar-refractivity contribution >= 4 is 5.91 Å². The summed E-state index contributed by atoms with van der Waals surface area (Å²) in [5, 5.41) is 2.77. The Morgan fingerprint density at radius 3 is 2.80 bits per heavy atom. The van der Waals surface area contributed by atoms with Gasteiger partial charge in [-0.2, -0.15) is 0 Å². The number of ether oxygens (including phenoxy) is 1. The van der Waals surface area contributed by atoms with E-state index in [9.17, 15) is 4.79 Å². The van der Waals surface area contributed by atoms with E-state index in [0.717, 1.165) is 0 Å². The van der Waals surface area contributed by atoms with Gasteiger partial charge in [0.05, 0.1) is 12.7 Å². The molecule has 0 aliphatic heterocycles. The van der Waals surface area contributed by atoms with Crippen molar-refractivity contribution in [3.05, 3.63) is 12.2 Å². The molecule has 1 amide bonds. The summed E-state index contributed by atoms with van der Waals surface area (Å²) in [6.07, 6.45) is 9.98. The minimum atomic E-state index is -0.0373. The van der Waals surface area contributed by atoms with Gasteiger partial charge in [-0.15, -0.1) is 0 Å². The van der Waals surface area contributed by atoms with Gasteiger partial charge in [0.1, 0.15) is 0 Å². The number of hydrogen-bond donors (Lipinski definition) is 1. The SMILES string of the molecule is C/C=C/C(=O)NCCOC1CCCCC1. The maximum atomic E-state index is 11.0. The van der Waals surface area contributed by atoms with Crippen LogP contribution in [-0.4, -0.2) is 25.2 Å². The molecule has 0 radical (unpaired) electrons. The second-order valence-electron chi connectivity index (χ2n) is 3.92. The summed E-state index contributed by atoms with van der Waals surface area (Å²) < 4.78 is 5.67. The lowest BCUT2D eigenvalue weighted by molar-refractivity contribution is -0.116. The Labute approximate surface area is 91.9 Å². The number of hydrogen-bond acceptors (Lipinski definition) is 2. The van der Waals surface area contributed by atoms with E-state index >= 15 is 0 Å². The first-order valence-electron chi connectivity index (χ1n) is 5.85. The van der Waals surface area contributed by atoms with Crippen LogP contribution in [0.4, 0.5) is 0 Å². The molecule has 0 aromatic heterocycles. The Bertz CT molecular complexity index is 208. The highest BCUT2D eigenvalue weighted by molar-refractivity contribution is 5.87. The average Bonchev–Trinajstić information content (AvgIpc) is 2.26. The largest absolute Gasteiger partial charge is 0.376 e. The van der Waals surface area contributed by atoms with Crippen molar-refractivity contribution in [3.63, 3.8) is 0 Å². The molecular formula is C12H21NO2. The molecule has 1 rings (SSSR count). The van der Waals surface area contributed by atoms with Crippen molar-refractivity contribution in [2.75, 3.05) is 13.2 Å². The average molecular weight is 211 g/mol. The minimum Gasteiger partial charge on any atom is -0.376 e. The fourth-order valence-electron chi connectivity index (χ4n) is 1.84. The molecule has 0 spiro atoms. The highest BCUT2D eigenvalue weighted by Gasteiger charge is 2.12. The molecule has 0 aromatic carbocycles. The third-order valence-electron chi connectivity index (χ3n) is 2.63. The molecule has 1 saturated carbocycles. The Morgan fingerprint density at radius 2 is 2.13 bits per heavy atom. The highest BCUT2D eigenvalue weighted by atomic mass is 16.5. The Hall–Kier alpha value is -0.830. The van der Waals surface area contributed by atoms with Gasteiger partial charge in [-0.1, -0.05) is 25.3 Å². The predicted molar refractivity (Wildman–Crippen MR) is 60.6 cm³/mol. The van der Waals surface area contributed by atoms with Crippen LogP contribution >= 0.6 is 0 Å². The lowest BCUT2D eigenvalue weighted by atomic mass is 9.98. The zero-order valence-electron chi connectivity index (χ0n) is 9.50. The van der Waals surface area contributed by atoms with Gasteiger partial charge in [-0.25, -0.2) is 0 Å². The molecule has 3 heteroatoms. The molecule has 1 aliphatic carbocycles. The van der Waals surface area contributed by atoms with Gasteiger partial charge in [0.25, 0.3) is 0 Å². The topological polar surface area (TPSA) is 38.3 Å². The first-order valence-corrected chi connectivity index (χ1v) is 5.85. The van der Waals surface area contributed by atoms with Gasteiger partial charge < -0.3 is 10.1 Å². The molecule has 0 bridgehead atoms. The maximum absolute atomic E-state index is 11.0. The normalized spacial score (nSPS) is 18.2. The molecule has 0 atom stereocenters. The van der Waals surface area contributed by atoms with Gasteiger partial charge in [-0.3, -0.25) is 4.79 Å². The van der Waals surface area contributed by atoms with Crippen LogP contribution in [0, 0.1) is 0 Å². The fraction of sp³-hybridized carbons (Fsp3) is 0.750. The molecule has 0 unspecified atom stereocenters. The predicted octanol–water partition coefficient (Wildman–Crippen LogP) is 2.03. The molecule has 86 valence electrons. The fourth-order valence-corrected chi connectivity index (χ4v) is 1.84. The minimum absolute atomic E-state index is 0.0373. The van der Waals surface area contributed by atoms with Crippen molar-refractivity contribution in [2.24, 2.45) is 0 Å². The number of carbonyl (C=O) groups excluding carboxylic acids is 1. The van der Waals surface area contributed by atoms with Crippen molar-refractivity contribution in [1.82, 2.24) is 5.32 Å². The van der Waals surface area contributed by atoms with Crippen molar-refractivity contribution in [3.8, 4) is 0 Å².